The van der Waals surface area contributed by atoms with Gasteiger partial charge < -0.3 is 9.84 Å². The zero-order valence-corrected chi connectivity index (χ0v) is 13.5. The Balaban J connectivity index is 1.83. The molecule has 0 amide bonds. The molecular weight excluding hydrogens is 324 g/mol. The molecule has 0 bridgehead atoms. The van der Waals surface area contributed by atoms with Gasteiger partial charge in [0.15, 0.2) is 0 Å². The first-order valence-electron chi connectivity index (χ1n) is 7.43. The Hall–Kier alpha value is -2.78. The lowest BCUT2D eigenvalue weighted by Gasteiger charge is -2.09. The van der Waals surface area contributed by atoms with Gasteiger partial charge in [-0.25, -0.2) is 4.79 Å². The zero-order valence-electron chi connectivity index (χ0n) is 12.8. The molecule has 0 radical (unpaired) electrons. The molecule has 3 nitrogen and oxygen atoms in total. The molecule has 3 aromatic rings. The molecule has 0 unspecified atom stereocenters. The highest BCUT2D eigenvalue weighted by atomic mass is 35.5. The SMILES string of the molecule is O=C(O)c1cc(-c2cccc(OCc3ccccc3)c2)ccc1Cl. The monoisotopic (exact) mass is 338 g/mol. The number of carbonyl (C=O) groups is 1. The molecule has 0 spiro atoms. The van der Waals surface area contributed by atoms with Crippen LogP contribution in [-0.2, 0) is 6.61 Å². The fourth-order valence-electron chi connectivity index (χ4n) is 2.38. The molecule has 0 aliphatic heterocycles. The first kappa shape index (κ1) is 16.1. The highest BCUT2D eigenvalue weighted by Gasteiger charge is 2.10. The van der Waals surface area contributed by atoms with Crippen LogP contribution in [0.2, 0.25) is 5.02 Å². The van der Waals surface area contributed by atoms with E-state index in [1.807, 2.05) is 54.6 Å². The molecule has 0 fully saturated rings. The highest BCUT2D eigenvalue weighted by molar-refractivity contribution is 6.33. The van der Waals surface area contributed by atoms with Gasteiger partial charge >= 0.3 is 5.97 Å². The summed E-state index contributed by atoms with van der Waals surface area (Å²) in [6.07, 6.45) is 0. The van der Waals surface area contributed by atoms with Crippen molar-refractivity contribution >= 4 is 17.6 Å². The summed E-state index contributed by atoms with van der Waals surface area (Å²) in [6, 6.07) is 22.4. The maximum absolute atomic E-state index is 11.2. The average Bonchev–Trinajstić information content (AvgIpc) is 2.61. The number of ether oxygens (including phenoxy) is 1. The number of rotatable bonds is 5. The van der Waals surface area contributed by atoms with Crippen LogP contribution in [0.25, 0.3) is 11.1 Å². The molecule has 3 aromatic carbocycles. The fraction of sp³-hybridized carbons (Fsp3) is 0.0500. The lowest BCUT2D eigenvalue weighted by Crippen LogP contribution is -1.98. The Morgan fingerprint density at radius 1 is 0.917 bits per heavy atom. The van der Waals surface area contributed by atoms with Gasteiger partial charge in [-0.3, -0.25) is 0 Å². The number of carboxylic acids is 1. The Labute approximate surface area is 145 Å². The topological polar surface area (TPSA) is 46.5 Å². The largest absolute Gasteiger partial charge is 0.489 e. The Morgan fingerprint density at radius 2 is 1.67 bits per heavy atom. The van der Waals surface area contributed by atoms with E-state index in [-0.39, 0.29) is 10.6 Å². The fourth-order valence-corrected chi connectivity index (χ4v) is 2.57. The van der Waals surface area contributed by atoms with E-state index in [0.29, 0.717) is 6.61 Å². The molecular formula is C20H15ClO3. The van der Waals surface area contributed by atoms with E-state index in [4.69, 9.17) is 16.3 Å². The van der Waals surface area contributed by atoms with Crippen molar-refractivity contribution in [2.75, 3.05) is 0 Å². The van der Waals surface area contributed by atoms with Crippen LogP contribution in [0.5, 0.6) is 5.75 Å². The van der Waals surface area contributed by atoms with Crippen molar-refractivity contribution in [1.82, 2.24) is 0 Å². The van der Waals surface area contributed by atoms with E-state index in [1.54, 1.807) is 18.2 Å². The van der Waals surface area contributed by atoms with Gasteiger partial charge in [-0.1, -0.05) is 60.1 Å². The van der Waals surface area contributed by atoms with E-state index < -0.39 is 5.97 Å². The van der Waals surface area contributed by atoms with Crippen LogP contribution in [-0.4, -0.2) is 11.1 Å². The summed E-state index contributed by atoms with van der Waals surface area (Å²) in [7, 11) is 0. The number of aromatic carboxylic acids is 1. The van der Waals surface area contributed by atoms with Crippen LogP contribution in [0.4, 0.5) is 0 Å². The summed E-state index contributed by atoms with van der Waals surface area (Å²) in [5, 5.41) is 9.42. The Bertz CT molecular complexity index is 860. The second-order valence-electron chi connectivity index (χ2n) is 5.30. The second-order valence-corrected chi connectivity index (χ2v) is 5.71. The predicted molar refractivity (Wildman–Crippen MR) is 94.6 cm³/mol. The van der Waals surface area contributed by atoms with Crippen molar-refractivity contribution in [3.05, 3.63) is 88.9 Å². The van der Waals surface area contributed by atoms with E-state index in [1.165, 1.54) is 0 Å². The van der Waals surface area contributed by atoms with Gasteiger partial charge in [0.2, 0.25) is 0 Å². The van der Waals surface area contributed by atoms with Crippen LogP contribution < -0.4 is 4.74 Å². The second kappa shape index (κ2) is 7.20. The number of benzene rings is 3. The van der Waals surface area contributed by atoms with Gasteiger partial charge in [0.05, 0.1) is 10.6 Å². The molecule has 24 heavy (non-hydrogen) atoms. The maximum Gasteiger partial charge on any atom is 0.337 e. The normalized spacial score (nSPS) is 10.4. The molecule has 4 heteroatoms. The van der Waals surface area contributed by atoms with E-state index in [2.05, 4.69) is 0 Å². The minimum atomic E-state index is -1.04. The number of hydrogen-bond acceptors (Lipinski definition) is 2. The molecule has 3 rings (SSSR count). The lowest BCUT2D eigenvalue weighted by molar-refractivity contribution is 0.0697. The van der Waals surface area contributed by atoms with Crippen molar-refractivity contribution < 1.29 is 14.6 Å². The molecule has 0 aliphatic carbocycles. The third-order valence-corrected chi connectivity index (χ3v) is 3.94. The molecule has 0 saturated carbocycles. The quantitative estimate of drug-likeness (QED) is 0.688. The standard InChI is InChI=1S/C20H15ClO3/c21-19-10-9-16(12-18(19)20(22)23)15-7-4-8-17(11-15)24-13-14-5-2-1-3-6-14/h1-12H,13H2,(H,22,23). The van der Waals surface area contributed by atoms with Crippen molar-refractivity contribution in [3.8, 4) is 16.9 Å². The van der Waals surface area contributed by atoms with E-state index in [9.17, 15) is 9.90 Å². The van der Waals surface area contributed by atoms with Gasteiger partial charge in [0.25, 0.3) is 0 Å². The zero-order chi connectivity index (χ0) is 16.9. The smallest absolute Gasteiger partial charge is 0.337 e. The molecule has 0 saturated heterocycles. The summed E-state index contributed by atoms with van der Waals surface area (Å²) in [5.41, 5.74) is 2.83. The van der Waals surface area contributed by atoms with E-state index >= 15 is 0 Å². The van der Waals surface area contributed by atoms with Gasteiger partial charge in [-0.15, -0.1) is 0 Å². The van der Waals surface area contributed by atoms with Gasteiger partial charge in [0, 0.05) is 0 Å². The summed E-state index contributed by atoms with van der Waals surface area (Å²) in [4.78, 5) is 11.2. The van der Waals surface area contributed by atoms with Crippen molar-refractivity contribution in [1.29, 1.82) is 0 Å². The van der Waals surface area contributed by atoms with Crippen LogP contribution in [0, 0.1) is 0 Å². The van der Waals surface area contributed by atoms with Crippen LogP contribution in [0.3, 0.4) is 0 Å². The number of halogens is 1. The predicted octanol–water partition coefficient (Wildman–Crippen LogP) is 5.28. The third kappa shape index (κ3) is 3.76. The highest BCUT2D eigenvalue weighted by Crippen LogP contribution is 2.28. The Morgan fingerprint density at radius 3 is 2.42 bits per heavy atom. The maximum atomic E-state index is 11.2. The summed E-state index contributed by atoms with van der Waals surface area (Å²) in [5.74, 6) is -0.318. The molecule has 1 N–H and O–H groups in total. The molecule has 0 atom stereocenters. The molecule has 0 aromatic heterocycles. The van der Waals surface area contributed by atoms with Crippen molar-refractivity contribution in [3.63, 3.8) is 0 Å². The minimum Gasteiger partial charge on any atom is -0.489 e. The lowest BCUT2D eigenvalue weighted by atomic mass is 10.0. The van der Waals surface area contributed by atoms with Crippen molar-refractivity contribution in [2.24, 2.45) is 0 Å². The molecule has 0 heterocycles. The summed E-state index contributed by atoms with van der Waals surface area (Å²) in [6.45, 7) is 0.477. The first-order valence-corrected chi connectivity index (χ1v) is 7.81. The molecule has 0 aliphatic rings. The average molecular weight is 339 g/mol. The van der Waals surface area contributed by atoms with Crippen LogP contribution in [0.1, 0.15) is 15.9 Å². The van der Waals surface area contributed by atoms with Crippen LogP contribution >= 0.6 is 11.6 Å². The van der Waals surface area contributed by atoms with Crippen molar-refractivity contribution in [2.45, 2.75) is 6.61 Å². The number of carboxylic acid groups (broad SMARTS) is 1. The third-order valence-electron chi connectivity index (χ3n) is 3.61. The Kier molecular flexibility index (Phi) is 4.82. The van der Waals surface area contributed by atoms with Crippen LogP contribution in [0.15, 0.2) is 72.8 Å². The first-order chi connectivity index (χ1) is 11.6. The van der Waals surface area contributed by atoms with E-state index in [0.717, 1.165) is 22.4 Å². The summed E-state index contributed by atoms with van der Waals surface area (Å²) >= 11 is 5.92. The number of hydrogen-bond donors (Lipinski definition) is 1. The van der Waals surface area contributed by atoms with Gasteiger partial charge in [0.1, 0.15) is 12.4 Å². The minimum absolute atomic E-state index is 0.0878. The van der Waals surface area contributed by atoms with Gasteiger partial charge in [-0.2, -0.15) is 0 Å². The molecule has 120 valence electrons. The van der Waals surface area contributed by atoms with Gasteiger partial charge in [-0.05, 0) is 41.0 Å². The summed E-state index contributed by atoms with van der Waals surface area (Å²) < 4.78 is 5.81.